The Balaban J connectivity index is 1.88. The molecule has 0 bridgehead atoms. The second kappa shape index (κ2) is 11.5. The number of carbonyl (C=O) groups excluding carboxylic acids is 2. The molecule has 0 spiro atoms. The van der Waals surface area contributed by atoms with E-state index in [4.69, 9.17) is 23.2 Å². The largest absolute Gasteiger partial charge is 0.352 e. The smallest absolute Gasteiger partial charge is 0.243 e. The van der Waals surface area contributed by atoms with Gasteiger partial charge in [0.25, 0.3) is 0 Å². The Morgan fingerprint density at radius 1 is 0.939 bits per heavy atom. The van der Waals surface area contributed by atoms with Crippen LogP contribution < -0.4 is 5.32 Å². The second-order valence-electron chi connectivity index (χ2n) is 8.45. The summed E-state index contributed by atoms with van der Waals surface area (Å²) in [5, 5.41) is 6.18. The molecule has 0 aromatic heterocycles. The minimum Gasteiger partial charge on any atom is -0.352 e. The SMILES string of the molecule is CCC(C(=O)NC(C)C)N(Cc1c(Cl)cccc1Cl)C(=O)CCc1cccc2ccccc12. The highest BCUT2D eigenvalue weighted by Gasteiger charge is 2.29. The van der Waals surface area contributed by atoms with Crippen molar-refractivity contribution in [1.29, 1.82) is 0 Å². The van der Waals surface area contributed by atoms with E-state index in [1.165, 1.54) is 0 Å². The average Bonchev–Trinajstić information content (AvgIpc) is 2.78. The summed E-state index contributed by atoms with van der Waals surface area (Å²) in [7, 11) is 0. The summed E-state index contributed by atoms with van der Waals surface area (Å²) < 4.78 is 0. The fraction of sp³-hybridized carbons (Fsp3) is 0.333. The van der Waals surface area contributed by atoms with Gasteiger partial charge in [0.05, 0.1) is 0 Å². The van der Waals surface area contributed by atoms with Gasteiger partial charge in [-0.3, -0.25) is 9.59 Å². The van der Waals surface area contributed by atoms with Crippen LogP contribution in [0.25, 0.3) is 10.8 Å². The molecule has 1 N–H and O–H groups in total. The van der Waals surface area contributed by atoms with Gasteiger partial charge in [-0.25, -0.2) is 0 Å². The van der Waals surface area contributed by atoms with Crippen LogP contribution in [0.4, 0.5) is 0 Å². The molecular weight excluding hydrogens is 455 g/mol. The Morgan fingerprint density at radius 3 is 2.24 bits per heavy atom. The molecule has 6 heteroatoms. The Bertz CT molecular complexity index is 1100. The number of fused-ring (bicyclic) bond motifs is 1. The van der Waals surface area contributed by atoms with Crippen molar-refractivity contribution in [1.82, 2.24) is 10.2 Å². The van der Waals surface area contributed by atoms with Crippen molar-refractivity contribution >= 4 is 45.8 Å². The van der Waals surface area contributed by atoms with Gasteiger partial charge in [0.15, 0.2) is 0 Å². The Morgan fingerprint density at radius 2 is 1.58 bits per heavy atom. The number of nitrogens with one attached hydrogen (secondary N) is 1. The molecule has 3 aromatic carbocycles. The second-order valence-corrected chi connectivity index (χ2v) is 9.26. The number of carbonyl (C=O) groups is 2. The van der Waals surface area contributed by atoms with Gasteiger partial charge in [0, 0.05) is 34.6 Å². The van der Waals surface area contributed by atoms with Crippen molar-refractivity contribution in [2.24, 2.45) is 0 Å². The molecular formula is C27H30Cl2N2O2. The van der Waals surface area contributed by atoms with E-state index in [0.29, 0.717) is 28.5 Å². The summed E-state index contributed by atoms with van der Waals surface area (Å²) in [6.07, 6.45) is 1.34. The third-order valence-electron chi connectivity index (χ3n) is 5.70. The monoisotopic (exact) mass is 484 g/mol. The normalized spacial score (nSPS) is 12.1. The van der Waals surface area contributed by atoms with Crippen LogP contribution in [0.3, 0.4) is 0 Å². The van der Waals surface area contributed by atoms with E-state index in [0.717, 1.165) is 16.3 Å². The average molecular weight is 485 g/mol. The fourth-order valence-corrected chi connectivity index (χ4v) is 4.57. The van der Waals surface area contributed by atoms with Gasteiger partial charge in [0.1, 0.15) is 6.04 Å². The molecule has 1 atom stereocenters. The van der Waals surface area contributed by atoms with Crippen LogP contribution in [0.2, 0.25) is 10.0 Å². The van der Waals surface area contributed by atoms with Crippen LogP contribution in [-0.4, -0.2) is 28.8 Å². The van der Waals surface area contributed by atoms with E-state index in [1.54, 1.807) is 23.1 Å². The summed E-state index contributed by atoms with van der Waals surface area (Å²) in [5.41, 5.74) is 1.76. The maximum Gasteiger partial charge on any atom is 0.243 e. The lowest BCUT2D eigenvalue weighted by Gasteiger charge is -2.32. The maximum absolute atomic E-state index is 13.5. The van der Waals surface area contributed by atoms with Crippen LogP contribution in [0.15, 0.2) is 60.7 Å². The quantitative estimate of drug-likeness (QED) is 0.381. The molecule has 0 aliphatic carbocycles. The highest BCUT2D eigenvalue weighted by molar-refractivity contribution is 6.36. The molecule has 0 saturated heterocycles. The molecule has 4 nitrogen and oxygen atoms in total. The third kappa shape index (κ3) is 6.27. The van der Waals surface area contributed by atoms with E-state index in [-0.39, 0.29) is 30.8 Å². The first kappa shape index (κ1) is 25.1. The number of benzene rings is 3. The minimum atomic E-state index is -0.611. The predicted octanol–water partition coefficient (Wildman–Crippen LogP) is 6.41. The molecule has 0 radical (unpaired) electrons. The molecule has 0 aliphatic rings. The van der Waals surface area contributed by atoms with Crippen molar-refractivity contribution in [2.75, 3.05) is 0 Å². The first-order chi connectivity index (χ1) is 15.8. The zero-order valence-corrected chi connectivity index (χ0v) is 20.8. The van der Waals surface area contributed by atoms with E-state index >= 15 is 0 Å². The number of amides is 2. The molecule has 0 aliphatic heterocycles. The molecule has 0 heterocycles. The summed E-state index contributed by atoms with van der Waals surface area (Å²) in [5.74, 6) is -0.279. The lowest BCUT2D eigenvalue weighted by Crippen LogP contribution is -2.50. The lowest BCUT2D eigenvalue weighted by molar-refractivity contribution is -0.141. The topological polar surface area (TPSA) is 49.4 Å². The van der Waals surface area contributed by atoms with Crippen LogP contribution in [-0.2, 0) is 22.6 Å². The van der Waals surface area contributed by atoms with E-state index in [2.05, 4.69) is 23.5 Å². The van der Waals surface area contributed by atoms with E-state index < -0.39 is 6.04 Å². The predicted molar refractivity (Wildman–Crippen MR) is 137 cm³/mol. The van der Waals surface area contributed by atoms with Gasteiger partial charge < -0.3 is 10.2 Å². The number of rotatable bonds is 9. The molecule has 0 saturated carbocycles. The molecule has 3 aromatic rings. The van der Waals surface area contributed by atoms with Gasteiger partial charge in [-0.15, -0.1) is 0 Å². The molecule has 174 valence electrons. The van der Waals surface area contributed by atoms with Crippen LogP contribution in [0.1, 0.15) is 44.7 Å². The summed E-state index contributed by atoms with van der Waals surface area (Å²) in [6.45, 7) is 5.89. The van der Waals surface area contributed by atoms with Gasteiger partial charge in [-0.1, -0.05) is 78.7 Å². The Kier molecular flexibility index (Phi) is 8.76. The van der Waals surface area contributed by atoms with Crippen molar-refractivity contribution in [3.05, 3.63) is 81.8 Å². The summed E-state index contributed by atoms with van der Waals surface area (Å²) >= 11 is 12.8. The standard InChI is InChI=1S/C27H30Cl2N2O2/c1-4-25(27(33)30-18(2)3)31(17-22-23(28)13-8-14-24(22)29)26(32)16-15-20-11-7-10-19-9-5-6-12-21(19)20/h5-14,18,25H,4,15-17H2,1-3H3,(H,30,33). The maximum atomic E-state index is 13.5. The highest BCUT2D eigenvalue weighted by Crippen LogP contribution is 2.28. The highest BCUT2D eigenvalue weighted by atomic mass is 35.5. The van der Waals surface area contributed by atoms with Gasteiger partial charge >= 0.3 is 0 Å². The Labute approximate surface area is 205 Å². The molecule has 33 heavy (non-hydrogen) atoms. The summed E-state index contributed by atoms with van der Waals surface area (Å²) in [6, 6.07) is 18.9. The molecule has 0 fully saturated rings. The van der Waals surface area contributed by atoms with E-state index in [1.807, 2.05) is 45.0 Å². The lowest BCUT2D eigenvalue weighted by atomic mass is 10.00. The summed E-state index contributed by atoms with van der Waals surface area (Å²) in [4.78, 5) is 28.1. The zero-order chi connectivity index (χ0) is 24.0. The zero-order valence-electron chi connectivity index (χ0n) is 19.3. The van der Waals surface area contributed by atoms with Gasteiger partial charge in [-0.05, 0) is 55.2 Å². The van der Waals surface area contributed by atoms with Crippen molar-refractivity contribution in [2.45, 2.75) is 58.7 Å². The number of aryl methyl sites for hydroxylation is 1. The third-order valence-corrected chi connectivity index (χ3v) is 6.40. The van der Waals surface area contributed by atoms with Crippen LogP contribution >= 0.6 is 23.2 Å². The van der Waals surface area contributed by atoms with Crippen molar-refractivity contribution < 1.29 is 9.59 Å². The van der Waals surface area contributed by atoms with E-state index in [9.17, 15) is 9.59 Å². The molecule has 1 unspecified atom stereocenters. The fourth-order valence-electron chi connectivity index (χ4n) is 4.05. The first-order valence-corrected chi connectivity index (χ1v) is 12.1. The Hall–Kier alpha value is -2.56. The number of hydrogen-bond donors (Lipinski definition) is 1. The van der Waals surface area contributed by atoms with Gasteiger partial charge in [-0.2, -0.15) is 0 Å². The number of hydrogen-bond acceptors (Lipinski definition) is 2. The van der Waals surface area contributed by atoms with Crippen molar-refractivity contribution in [3.8, 4) is 0 Å². The van der Waals surface area contributed by atoms with Crippen molar-refractivity contribution in [3.63, 3.8) is 0 Å². The van der Waals surface area contributed by atoms with Crippen LogP contribution in [0, 0.1) is 0 Å². The van der Waals surface area contributed by atoms with Crippen LogP contribution in [0.5, 0.6) is 0 Å². The molecule has 3 rings (SSSR count). The molecule has 2 amide bonds. The minimum absolute atomic E-state index is 0.0249. The number of halogens is 2. The first-order valence-electron chi connectivity index (χ1n) is 11.3. The number of nitrogens with zero attached hydrogens (tertiary/aromatic N) is 1. The van der Waals surface area contributed by atoms with Gasteiger partial charge in [0.2, 0.25) is 11.8 Å².